The summed E-state index contributed by atoms with van der Waals surface area (Å²) in [7, 11) is 3.46. The Hall–Kier alpha value is -1.06. The summed E-state index contributed by atoms with van der Waals surface area (Å²) in [5.74, 6) is 0.742. The number of benzene rings is 1. The molecule has 16 heavy (non-hydrogen) atoms. The lowest BCUT2D eigenvalue weighted by Crippen LogP contribution is -2.29. The fourth-order valence-corrected chi connectivity index (χ4v) is 1.66. The first-order valence-corrected chi connectivity index (χ1v) is 5.66. The summed E-state index contributed by atoms with van der Waals surface area (Å²) in [5, 5.41) is 13.2. The van der Waals surface area contributed by atoms with Crippen molar-refractivity contribution in [1.29, 1.82) is 0 Å². The molecule has 90 valence electrons. The van der Waals surface area contributed by atoms with E-state index in [4.69, 9.17) is 4.74 Å². The number of aryl methyl sites for hydroxylation is 1. The Bertz CT molecular complexity index is 339. The molecule has 3 heteroatoms. The SMILES string of the molecule is CCc1ccc(OC)c(C(O)C(C)NC)c1. The first kappa shape index (κ1) is 13.0. The lowest BCUT2D eigenvalue weighted by Gasteiger charge is -2.21. The van der Waals surface area contributed by atoms with E-state index in [1.807, 2.05) is 32.2 Å². The molecule has 0 aromatic heterocycles. The molecule has 0 spiro atoms. The summed E-state index contributed by atoms with van der Waals surface area (Å²) in [6.45, 7) is 4.04. The fraction of sp³-hybridized carbons (Fsp3) is 0.538. The molecule has 0 aliphatic heterocycles. The van der Waals surface area contributed by atoms with E-state index < -0.39 is 6.10 Å². The van der Waals surface area contributed by atoms with Gasteiger partial charge in [-0.2, -0.15) is 0 Å². The average molecular weight is 223 g/mol. The molecule has 0 saturated carbocycles. The number of likely N-dealkylation sites (N-methyl/N-ethyl adjacent to an activating group) is 1. The molecule has 0 aliphatic carbocycles. The van der Waals surface area contributed by atoms with Gasteiger partial charge in [0, 0.05) is 11.6 Å². The molecule has 0 radical (unpaired) electrons. The monoisotopic (exact) mass is 223 g/mol. The van der Waals surface area contributed by atoms with Crippen molar-refractivity contribution >= 4 is 0 Å². The minimum Gasteiger partial charge on any atom is -0.496 e. The molecule has 0 saturated heterocycles. The Balaban J connectivity index is 3.07. The van der Waals surface area contributed by atoms with Gasteiger partial charge < -0.3 is 15.2 Å². The third-order valence-electron chi connectivity index (χ3n) is 2.95. The molecule has 3 nitrogen and oxygen atoms in total. The van der Waals surface area contributed by atoms with E-state index in [1.54, 1.807) is 7.11 Å². The van der Waals surface area contributed by atoms with E-state index in [0.717, 1.165) is 17.7 Å². The number of rotatable bonds is 5. The Morgan fingerprint density at radius 3 is 2.62 bits per heavy atom. The van der Waals surface area contributed by atoms with Crippen molar-refractivity contribution in [3.05, 3.63) is 29.3 Å². The van der Waals surface area contributed by atoms with E-state index in [9.17, 15) is 5.11 Å². The molecule has 2 N–H and O–H groups in total. The lowest BCUT2D eigenvalue weighted by molar-refractivity contribution is 0.136. The van der Waals surface area contributed by atoms with Gasteiger partial charge in [0.05, 0.1) is 13.2 Å². The van der Waals surface area contributed by atoms with Crippen LogP contribution in [0.15, 0.2) is 18.2 Å². The number of aliphatic hydroxyl groups is 1. The van der Waals surface area contributed by atoms with Crippen molar-refractivity contribution in [2.24, 2.45) is 0 Å². The smallest absolute Gasteiger partial charge is 0.124 e. The van der Waals surface area contributed by atoms with Crippen LogP contribution in [0.2, 0.25) is 0 Å². The molecule has 0 fully saturated rings. The molecule has 1 aromatic rings. The van der Waals surface area contributed by atoms with Gasteiger partial charge >= 0.3 is 0 Å². The number of aliphatic hydroxyl groups excluding tert-OH is 1. The van der Waals surface area contributed by atoms with Crippen LogP contribution in [0, 0.1) is 0 Å². The maximum Gasteiger partial charge on any atom is 0.124 e. The zero-order valence-corrected chi connectivity index (χ0v) is 10.4. The van der Waals surface area contributed by atoms with Crippen LogP contribution in [0.3, 0.4) is 0 Å². The van der Waals surface area contributed by atoms with Gasteiger partial charge in [-0.15, -0.1) is 0 Å². The summed E-state index contributed by atoms with van der Waals surface area (Å²) in [5.41, 5.74) is 2.06. The van der Waals surface area contributed by atoms with Crippen LogP contribution in [0.1, 0.15) is 31.1 Å². The van der Waals surface area contributed by atoms with E-state index in [0.29, 0.717) is 0 Å². The van der Waals surface area contributed by atoms with Crippen molar-refractivity contribution < 1.29 is 9.84 Å². The number of methoxy groups -OCH3 is 1. The van der Waals surface area contributed by atoms with Gasteiger partial charge in [-0.1, -0.05) is 13.0 Å². The van der Waals surface area contributed by atoms with E-state index in [-0.39, 0.29) is 6.04 Å². The molecule has 2 atom stereocenters. The Kier molecular flexibility index (Phi) is 4.77. The molecular weight excluding hydrogens is 202 g/mol. The molecule has 0 aliphatic rings. The van der Waals surface area contributed by atoms with Crippen LogP contribution < -0.4 is 10.1 Å². The van der Waals surface area contributed by atoms with Crippen LogP contribution in [-0.4, -0.2) is 25.3 Å². The van der Waals surface area contributed by atoms with Gasteiger partial charge in [-0.3, -0.25) is 0 Å². The normalized spacial score (nSPS) is 14.6. The Morgan fingerprint density at radius 2 is 2.12 bits per heavy atom. The number of hydrogen-bond donors (Lipinski definition) is 2. The lowest BCUT2D eigenvalue weighted by atomic mass is 9.99. The van der Waals surface area contributed by atoms with Gasteiger partial charge in [0.1, 0.15) is 5.75 Å². The molecule has 2 unspecified atom stereocenters. The number of hydrogen-bond acceptors (Lipinski definition) is 3. The largest absolute Gasteiger partial charge is 0.496 e. The van der Waals surface area contributed by atoms with Gasteiger partial charge in [0.15, 0.2) is 0 Å². The Labute approximate surface area is 97.4 Å². The predicted molar refractivity (Wildman–Crippen MR) is 65.9 cm³/mol. The topological polar surface area (TPSA) is 41.5 Å². The second-order valence-electron chi connectivity index (χ2n) is 3.95. The quantitative estimate of drug-likeness (QED) is 0.801. The molecule has 1 aromatic carbocycles. The zero-order valence-electron chi connectivity index (χ0n) is 10.4. The highest BCUT2D eigenvalue weighted by atomic mass is 16.5. The van der Waals surface area contributed by atoms with Crippen molar-refractivity contribution in [2.45, 2.75) is 32.4 Å². The van der Waals surface area contributed by atoms with E-state index in [1.165, 1.54) is 5.56 Å². The first-order valence-electron chi connectivity index (χ1n) is 5.66. The standard InChI is InChI=1S/C13H21NO2/c1-5-10-6-7-12(16-4)11(8-10)13(15)9(2)14-3/h6-9,13-15H,5H2,1-4H3. The summed E-state index contributed by atoms with van der Waals surface area (Å²) >= 11 is 0. The van der Waals surface area contributed by atoms with E-state index in [2.05, 4.69) is 12.2 Å². The highest BCUT2D eigenvalue weighted by Gasteiger charge is 2.18. The minimum absolute atomic E-state index is 0.000932. The summed E-state index contributed by atoms with van der Waals surface area (Å²) in [6.07, 6.45) is 0.406. The Morgan fingerprint density at radius 1 is 1.44 bits per heavy atom. The zero-order chi connectivity index (χ0) is 12.1. The predicted octanol–water partition coefficient (Wildman–Crippen LogP) is 1.90. The molecule has 0 heterocycles. The maximum atomic E-state index is 10.2. The minimum atomic E-state index is -0.550. The second-order valence-corrected chi connectivity index (χ2v) is 3.95. The summed E-state index contributed by atoms with van der Waals surface area (Å²) in [4.78, 5) is 0. The van der Waals surface area contributed by atoms with Gasteiger partial charge in [-0.25, -0.2) is 0 Å². The van der Waals surface area contributed by atoms with Gasteiger partial charge in [-0.05, 0) is 38.1 Å². The highest BCUT2D eigenvalue weighted by molar-refractivity contribution is 5.39. The average Bonchev–Trinajstić information content (AvgIpc) is 2.35. The summed E-state index contributed by atoms with van der Waals surface area (Å²) in [6, 6.07) is 5.96. The third kappa shape index (κ3) is 2.74. The van der Waals surface area contributed by atoms with Crippen molar-refractivity contribution in [2.75, 3.05) is 14.2 Å². The molecular formula is C13H21NO2. The van der Waals surface area contributed by atoms with Gasteiger partial charge in [0.25, 0.3) is 0 Å². The number of ether oxygens (including phenoxy) is 1. The van der Waals surface area contributed by atoms with Crippen LogP contribution in [0.4, 0.5) is 0 Å². The highest BCUT2D eigenvalue weighted by Crippen LogP contribution is 2.28. The van der Waals surface area contributed by atoms with Crippen molar-refractivity contribution in [3.63, 3.8) is 0 Å². The van der Waals surface area contributed by atoms with Gasteiger partial charge in [0.2, 0.25) is 0 Å². The fourth-order valence-electron chi connectivity index (χ4n) is 1.66. The van der Waals surface area contributed by atoms with Crippen LogP contribution in [-0.2, 0) is 6.42 Å². The van der Waals surface area contributed by atoms with Crippen LogP contribution >= 0.6 is 0 Å². The van der Waals surface area contributed by atoms with Crippen LogP contribution in [0.5, 0.6) is 5.75 Å². The molecule has 0 amide bonds. The number of nitrogens with one attached hydrogen (secondary N) is 1. The maximum absolute atomic E-state index is 10.2. The molecule has 0 bridgehead atoms. The second kappa shape index (κ2) is 5.87. The first-order chi connectivity index (χ1) is 7.63. The van der Waals surface area contributed by atoms with Crippen molar-refractivity contribution in [1.82, 2.24) is 5.32 Å². The van der Waals surface area contributed by atoms with E-state index >= 15 is 0 Å². The van der Waals surface area contributed by atoms with Crippen molar-refractivity contribution in [3.8, 4) is 5.75 Å². The summed E-state index contributed by atoms with van der Waals surface area (Å²) < 4.78 is 5.27. The molecule has 1 rings (SSSR count). The third-order valence-corrected chi connectivity index (χ3v) is 2.95. The van der Waals surface area contributed by atoms with Crippen LogP contribution in [0.25, 0.3) is 0 Å².